The molecular formula is C19H19N3O2S. The zero-order valence-electron chi connectivity index (χ0n) is 13.7. The van der Waals surface area contributed by atoms with Gasteiger partial charge in [-0.15, -0.1) is 0 Å². The third kappa shape index (κ3) is 3.87. The SMILES string of the molecule is O=C(Nc1ccc2sncc2c1)[C@@H]1CN(Cc2ccccc2)CCO1. The summed E-state index contributed by atoms with van der Waals surface area (Å²) in [4.78, 5) is 14.8. The predicted molar refractivity (Wildman–Crippen MR) is 99.7 cm³/mol. The Morgan fingerprint density at radius 3 is 3.04 bits per heavy atom. The van der Waals surface area contributed by atoms with Crippen molar-refractivity contribution in [3.05, 3.63) is 60.3 Å². The summed E-state index contributed by atoms with van der Waals surface area (Å²) in [5.41, 5.74) is 2.03. The van der Waals surface area contributed by atoms with Gasteiger partial charge in [-0.25, -0.2) is 0 Å². The third-order valence-electron chi connectivity index (χ3n) is 4.31. The van der Waals surface area contributed by atoms with E-state index < -0.39 is 6.10 Å². The molecule has 1 aromatic heterocycles. The van der Waals surface area contributed by atoms with Crippen LogP contribution in [-0.4, -0.2) is 41.0 Å². The molecule has 0 bridgehead atoms. The van der Waals surface area contributed by atoms with E-state index in [0.717, 1.165) is 28.9 Å². The summed E-state index contributed by atoms with van der Waals surface area (Å²) in [6.45, 7) is 2.84. The van der Waals surface area contributed by atoms with Crippen molar-refractivity contribution in [3.8, 4) is 0 Å². The molecule has 4 rings (SSSR count). The summed E-state index contributed by atoms with van der Waals surface area (Å²) < 4.78 is 11.0. The Kier molecular flexibility index (Phi) is 4.74. The quantitative estimate of drug-likeness (QED) is 0.783. The Morgan fingerprint density at radius 1 is 1.28 bits per heavy atom. The first-order chi connectivity index (χ1) is 12.3. The van der Waals surface area contributed by atoms with E-state index in [-0.39, 0.29) is 5.91 Å². The summed E-state index contributed by atoms with van der Waals surface area (Å²) >= 11 is 1.45. The number of carbonyl (C=O) groups excluding carboxylic acids is 1. The van der Waals surface area contributed by atoms with Gasteiger partial charge in [0.1, 0.15) is 6.10 Å². The van der Waals surface area contributed by atoms with Crippen molar-refractivity contribution >= 4 is 33.2 Å². The molecule has 1 fully saturated rings. The number of morpholine rings is 1. The Balaban J connectivity index is 1.39. The second kappa shape index (κ2) is 7.31. The minimum absolute atomic E-state index is 0.0969. The van der Waals surface area contributed by atoms with E-state index >= 15 is 0 Å². The lowest BCUT2D eigenvalue weighted by Crippen LogP contribution is -2.47. The van der Waals surface area contributed by atoms with Crippen LogP contribution in [-0.2, 0) is 16.1 Å². The van der Waals surface area contributed by atoms with Gasteiger partial charge in [-0.05, 0) is 35.3 Å². The second-order valence-corrected chi connectivity index (χ2v) is 6.98. The van der Waals surface area contributed by atoms with Crippen LogP contribution >= 0.6 is 11.5 Å². The number of fused-ring (bicyclic) bond motifs is 1. The van der Waals surface area contributed by atoms with Crippen molar-refractivity contribution in [2.24, 2.45) is 0 Å². The van der Waals surface area contributed by atoms with Crippen LogP contribution in [0.2, 0.25) is 0 Å². The molecular weight excluding hydrogens is 334 g/mol. The number of hydrogen-bond donors (Lipinski definition) is 1. The number of ether oxygens (including phenoxy) is 1. The summed E-state index contributed by atoms with van der Waals surface area (Å²) in [6.07, 6.45) is 1.36. The molecule has 1 saturated heterocycles. The molecule has 3 aromatic rings. The average Bonchev–Trinajstić information content (AvgIpc) is 3.10. The summed E-state index contributed by atoms with van der Waals surface area (Å²) in [7, 11) is 0. The summed E-state index contributed by atoms with van der Waals surface area (Å²) in [5.74, 6) is -0.0969. The van der Waals surface area contributed by atoms with Crippen LogP contribution in [0.3, 0.4) is 0 Å². The van der Waals surface area contributed by atoms with Crippen molar-refractivity contribution in [2.45, 2.75) is 12.6 Å². The van der Waals surface area contributed by atoms with Gasteiger partial charge in [0.05, 0.1) is 11.3 Å². The highest BCUT2D eigenvalue weighted by atomic mass is 32.1. The topological polar surface area (TPSA) is 54.5 Å². The van der Waals surface area contributed by atoms with Crippen LogP contribution in [0.15, 0.2) is 54.7 Å². The van der Waals surface area contributed by atoms with Gasteiger partial charge >= 0.3 is 0 Å². The second-order valence-electron chi connectivity index (χ2n) is 6.15. The van der Waals surface area contributed by atoms with E-state index in [4.69, 9.17) is 4.74 Å². The fraction of sp³-hybridized carbons (Fsp3) is 0.263. The number of hydrogen-bond acceptors (Lipinski definition) is 5. The van der Waals surface area contributed by atoms with Crippen LogP contribution in [0.4, 0.5) is 5.69 Å². The number of nitrogens with zero attached hydrogens (tertiary/aromatic N) is 2. The number of benzene rings is 2. The molecule has 1 atom stereocenters. The van der Waals surface area contributed by atoms with E-state index in [1.54, 1.807) is 0 Å². The smallest absolute Gasteiger partial charge is 0.254 e. The van der Waals surface area contributed by atoms with E-state index in [2.05, 4.69) is 26.7 Å². The lowest BCUT2D eigenvalue weighted by atomic mass is 10.2. The van der Waals surface area contributed by atoms with Gasteiger partial charge in [0.25, 0.3) is 5.91 Å². The molecule has 0 aliphatic carbocycles. The molecule has 1 N–H and O–H groups in total. The summed E-state index contributed by atoms with van der Waals surface area (Å²) in [5, 5.41) is 4.00. The summed E-state index contributed by atoms with van der Waals surface area (Å²) in [6, 6.07) is 16.1. The highest BCUT2D eigenvalue weighted by Gasteiger charge is 2.26. The van der Waals surface area contributed by atoms with Gasteiger partial charge in [-0.1, -0.05) is 30.3 Å². The number of nitrogens with one attached hydrogen (secondary N) is 1. The molecule has 25 heavy (non-hydrogen) atoms. The van der Waals surface area contributed by atoms with Crippen LogP contribution in [0.5, 0.6) is 0 Å². The highest BCUT2D eigenvalue weighted by Crippen LogP contribution is 2.22. The van der Waals surface area contributed by atoms with E-state index in [1.807, 2.05) is 42.6 Å². The molecule has 2 heterocycles. The molecule has 0 saturated carbocycles. The average molecular weight is 353 g/mol. The Hall–Kier alpha value is -2.28. The maximum absolute atomic E-state index is 12.6. The molecule has 1 aliphatic heterocycles. The van der Waals surface area contributed by atoms with Crippen molar-refractivity contribution in [2.75, 3.05) is 25.0 Å². The number of rotatable bonds is 4. The third-order valence-corrected chi connectivity index (χ3v) is 5.09. The van der Waals surface area contributed by atoms with Crippen LogP contribution < -0.4 is 5.32 Å². The van der Waals surface area contributed by atoms with Gasteiger partial charge in [-0.2, -0.15) is 4.37 Å². The van der Waals surface area contributed by atoms with Crippen LogP contribution in [0.1, 0.15) is 5.56 Å². The maximum Gasteiger partial charge on any atom is 0.254 e. The molecule has 1 amide bonds. The number of anilines is 1. The van der Waals surface area contributed by atoms with Gasteiger partial charge in [0.2, 0.25) is 0 Å². The zero-order valence-corrected chi connectivity index (χ0v) is 14.5. The first kappa shape index (κ1) is 16.2. The van der Waals surface area contributed by atoms with Crippen molar-refractivity contribution in [3.63, 3.8) is 0 Å². The fourth-order valence-corrected chi connectivity index (χ4v) is 3.65. The molecule has 1 aliphatic rings. The van der Waals surface area contributed by atoms with Gasteiger partial charge < -0.3 is 10.1 Å². The minimum atomic E-state index is -0.450. The molecule has 0 unspecified atom stereocenters. The Bertz CT molecular complexity index is 865. The largest absolute Gasteiger partial charge is 0.366 e. The lowest BCUT2D eigenvalue weighted by molar-refractivity contribution is -0.133. The van der Waals surface area contributed by atoms with Gasteiger partial charge in [0.15, 0.2) is 0 Å². The predicted octanol–water partition coefficient (Wildman–Crippen LogP) is 3.14. The normalized spacial score (nSPS) is 18.3. The van der Waals surface area contributed by atoms with Crippen molar-refractivity contribution in [1.82, 2.24) is 9.27 Å². The first-order valence-electron chi connectivity index (χ1n) is 8.31. The standard InChI is InChI=1S/C19H19N3O2S/c23-19(21-16-6-7-18-15(10-16)11-20-25-18)17-13-22(8-9-24-17)12-14-4-2-1-3-5-14/h1-7,10-11,17H,8-9,12-13H2,(H,21,23)/t17-/m0/s1. The monoisotopic (exact) mass is 353 g/mol. The molecule has 0 radical (unpaired) electrons. The lowest BCUT2D eigenvalue weighted by Gasteiger charge is -2.32. The van der Waals surface area contributed by atoms with Crippen molar-refractivity contribution in [1.29, 1.82) is 0 Å². The Labute approximate surface area is 150 Å². The first-order valence-corrected chi connectivity index (χ1v) is 9.08. The zero-order chi connectivity index (χ0) is 17.1. The van der Waals surface area contributed by atoms with Crippen LogP contribution in [0, 0.1) is 0 Å². The van der Waals surface area contributed by atoms with E-state index in [9.17, 15) is 4.79 Å². The number of aromatic nitrogens is 1. The fourth-order valence-electron chi connectivity index (χ4n) is 3.02. The number of carbonyl (C=O) groups is 1. The molecule has 6 heteroatoms. The molecule has 0 spiro atoms. The Morgan fingerprint density at radius 2 is 2.16 bits per heavy atom. The van der Waals surface area contributed by atoms with Crippen LogP contribution in [0.25, 0.3) is 10.1 Å². The highest BCUT2D eigenvalue weighted by molar-refractivity contribution is 7.13. The van der Waals surface area contributed by atoms with Crippen molar-refractivity contribution < 1.29 is 9.53 Å². The maximum atomic E-state index is 12.6. The molecule has 128 valence electrons. The molecule has 5 nitrogen and oxygen atoms in total. The molecule has 2 aromatic carbocycles. The van der Waals surface area contributed by atoms with Gasteiger partial charge in [0, 0.05) is 36.9 Å². The minimum Gasteiger partial charge on any atom is -0.366 e. The van der Waals surface area contributed by atoms with E-state index in [0.29, 0.717) is 13.2 Å². The van der Waals surface area contributed by atoms with Gasteiger partial charge in [-0.3, -0.25) is 9.69 Å². The number of amides is 1. The van der Waals surface area contributed by atoms with E-state index in [1.165, 1.54) is 17.1 Å².